The Bertz CT molecular complexity index is 654. The van der Waals surface area contributed by atoms with Gasteiger partial charge in [-0.15, -0.1) is 10.2 Å². The van der Waals surface area contributed by atoms with Crippen LogP contribution in [0.4, 0.5) is 5.13 Å². The number of likely N-dealkylation sites (tertiary alicyclic amines) is 1. The lowest BCUT2D eigenvalue weighted by atomic mass is 10.0. The fourth-order valence-corrected chi connectivity index (χ4v) is 3.44. The number of aryl methyl sites for hydroxylation is 2. The van der Waals surface area contributed by atoms with E-state index in [1.165, 1.54) is 17.8 Å². The number of nitrogens with zero attached hydrogens (tertiary/aromatic N) is 6. The molecule has 1 atom stereocenters. The van der Waals surface area contributed by atoms with E-state index in [9.17, 15) is 4.79 Å². The summed E-state index contributed by atoms with van der Waals surface area (Å²) in [5.74, 6) is 1.67. The zero-order valence-electron chi connectivity index (χ0n) is 13.4. The minimum absolute atomic E-state index is 0.0415. The zero-order chi connectivity index (χ0) is 16.2. The molecule has 2 aromatic rings. The van der Waals surface area contributed by atoms with Crippen LogP contribution in [-0.4, -0.2) is 54.9 Å². The van der Waals surface area contributed by atoms with Crippen molar-refractivity contribution in [1.82, 2.24) is 29.9 Å². The van der Waals surface area contributed by atoms with E-state index in [1.54, 1.807) is 5.51 Å². The monoisotopic (exact) mass is 335 g/mol. The van der Waals surface area contributed by atoms with Crippen molar-refractivity contribution in [3.05, 3.63) is 17.2 Å². The van der Waals surface area contributed by atoms with Crippen LogP contribution in [0.3, 0.4) is 0 Å². The van der Waals surface area contributed by atoms with Gasteiger partial charge >= 0.3 is 0 Å². The predicted octanol–water partition coefficient (Wildman–Crippen LogP) is 1.24. The first-order valence-electron chi connectivity index (χ1n) is 7.80. The van der Waals surface area contributed by atoms with Crippen molar-refractivity contribution in [2.24, 2.45) is 0 Å². The van der Waals surface area contributed by atoms with Gasteiger partial charge in [-0.05, 0) is 33.2 Å². The molecule has 0 spiro atoms. The normalized spacial score (nSPS) is 19.0. The van der Waals surface area contributed by atoms with Gasteiger partial charge in [0.15, 0.2) is 0 Å². The van der Waals surface area contributed by atoms with E-state index in [0.717, 1.165) is 37.6 Å². The number of piperidine rings is 1. The van der Waals surface area contributed by atoms with E-state index in [-0.39, 0.29) is 5.91 Å². The maximum absolute atomic E-state index is 12.2. The van der Waals surface area contributed by atoms with E-state index in [4.69, 9.17) is 0 Å². The molecule has 0 bridgehead atoms. The lowest BCUT2D eigenvalue weighted by molar-refractivity contribution is -0.118. The third-order valence-electron chi connectivity index (χ3n) is 4.05. The minimum Gasteiger partial charge on any atom is -0.299 e. The number of carbonyl (C=O) groups is 1. The van der Waals surface area contributed by atoms with Crippen molar-refractivity contribution in [3.8, 4) is 0 Å². The van der Waals surface area contributed by atoms with E-state index < -0.39 is 0 Å². The van der Waals surface area contributed by atoms with Crippen molar-refractivity contribution in [3.63, 3.8) is 0 Å². The van der Waals surface area contributed by atoms with Gasteiger partial charge in [0.1, 0.15) is 17.2 Å². The second-order valence-electron chi connectivity index (χ2n) is 5.80. The highest BCUT2D eigenvalue weighted by Gasteiger charge is 2.25. The third kappa shape index (κ3) is 4.11. The molecule has 1 fully saturated rings. The standard InChI is InChI=1S/C14H21N7OS/c1-10-16-11(2)21(19-10)7-12-5-3-4-6-20(12)8-13(22)17-14-18-15-9-23-14/h9,12H,3-8H2,1-2H3,(H,17,18,22). The Morgan fingerprint density at radius 2 is 2.30 bits per heavy atom. The number of aromatic nitrogens is 5. The summed E-state index contributed by atoms with van der Waals surface area (Å²) in [4.78, 5) is 18.8. The lowest BCUT2D eigenvalue weighted by Crippen LogP contribution is -2.46. The molecule has 0 aromatic carbocycles. The summed E-state index contributed by atoms with van der Waals surface area (Å²) < 4.78 is 1.95. The van der Waals surface area contributed by atoms with Gasteiger partial charge in [-0.25, -0.2) is 9.67 Å². The van der Waals surface area contributed by atoms with Crippen molar-refractivity contribution in [1.29, 1.82) is 0 Å². The first-order valence-corrected chi connectivity index (χ1v) is 8.68. The molecule has 0 aliphatic carbocycles. The molecule has 23 heavy (non-hydrogen) atoms. The van der Waals surface area contributed by atoms with Crippen LogP contribution < -0.4 is 5.32 Å². The smallest absolute Gasteiger partial charge is 0.240 e. The highest BCUT2D eigenvalue weighted by atomic mass is 32.1. The largest absolute Gasteiger partial charge is 0.299 e. The van der Waals surface area contributed by atoms with E-state index in [0.29, 0.717) is 17.7 Å². The summed E-state index contributed by atoms with van der Waals surface area (Å²) in [7, 11) is 0. The molecular weight excluding hydrogens is 314 g/mol. The summed E-state index contributed by atoms with van der Waals surface area (Å²) in [5, 5.41) is 15.4. The lowest BCUT2D eigenvalue weighted by Gasteiger charge is -2.35. The second kappa shape index (κ2) is 7.14. The van der Waals surface area contributed by atoms with Gasteiger partial charge in [-0.2, -0.15) is 5.10 Å². The van der Waals surface area contributed by atoms with Crippen LogP contribution in [0, 0.1) is 13.8 Å². The van der Waals surface area contributed by atoms with Crippen LogP contribution in [0.1, 0.15) is 30.9 Å². The summed E-state index contributed by atoms with van der Waals surface area (Å²) in [6.07, 6.45) is 3.38. The summed E-state index contributed by atoms with van der Waals surface area (Å²) in [6, 6.07) is 0.309. The third-order valence-corrected chi connectivity index (χ3v) is 4.66. The average Bonchev–Trinajstić information content (AvgIpc) is 3.11. The number of anilines is 1. The van der Waals surface area contributed by atoms with E-state index in [2.05, 4.69) is 30.5 Å². The predicted molar refractivity (Wildman–Crippen MR) is 87.2 cm³/mol. The van der Waals surface area contributed by atoms with Crippen molar-refractivity contribution >= 4 is 22.4 Å². The first-order chi connectivity index (χ1) is 11.1. The summed E-state index contributed by atoms with van der Waals surface area (Å²) in [5.41, 5.74) is 1.61. The van der Waals surface area contributed by atoms with Crippen LogP contribution in [0.15, 0.2) is 5.51 Å². The van der Waals surface area contributed by atoms with E-state index in [1.807, 2.05) is 18.5 Å². The minimum atomic E-state index is -0.0415. The Hall–Kier alpha value is -1.87. The Labute approximate surface area is 138 Å². The molecule has 124 valence electrons. The maximum Gasteiger partial charge on any atom is 0.240 e. The molecule has 1 amide bonds. The van der Waals surface area contributed by atoms with Crippen molar-refractivity contribution in [2.45, 2.75) is 45.7 Å². The van der Waals surface area contributed by atoms with E-state index >= 15 is 0 Å². The number of amides is 1. The molecule has 3 heterocycles. The highest BCUT2D eigenvalue weighted by molar-refractivity contribution is 7.13. The van der Waals surface area contributed by atoms with Gasteiger partial charge in [0.05, 0.1) is 13.1 Å². The quantitative estimate of drug-likeness (QED) is 0.884. The number of rotatable bonds is 5. The topological polar surface area (TPSA) is 88.8 Å². The molecule has 0 radical (unpaired) electrons. The Morgan fingerprint density at radius 1 is 1.43 bits per heavy atom. The Morgan fingerprint density at radius 3 is 3.00 bits per heavy atom. The molecule has 0 saturated carbocycles. The first kappa shape index (κ1) is 16.0. The molecule has 2 aromatic heterocycles. The van der Waals surface area contributed by atoms with Gasteiger partial charge in [0.2, 0.25) is 11.0 Å². The van der Waals surface area contributed by atoms with Crippen molar-refractivity contribution < 1.29 is 4.79 Å². The number of hydrogen-bond acceptors (Lipinski definition) is 7. The van der Waals surface area contributed by atoms with Gasteiger partial charge in [-0.1, -0.05) is 17.8 Å². The molecule has 1 saturated heterocycles. The Kier molecular flexibility index (Phi) is 4.97. The second-order valence-corrected chi connectivity index (χ2v) is 6.63. The van der Waals surface area contributed by atoms with Gasteiger partial charge < -0.3 is 0 Å². The summed E-state index contributed by atoms with van der Waals surface area (Å²) >= 11 is 1.33. The molecule has 8 nitrogen and oxygen atoms in total. The molecule has 9 heteroatoms. The fourth-order valence-electron chi connectivity index (χ4n) is 2.98. The van der Waals surface area contributed by atoms with Gasteiger partial charge in [-0.3, -0.25) is 15.0 Å². The molecule has 3 rings (SSSR count). The van der Waals surface area contributed by atoms with Crippen LogP contribution in [0.5, 0.6) is 0 Å². The zero-order valence-corrected chi connectivity index (χ0v) is 14.2. The van der Waals surface area contributed by atoms with Crippen LogP contribution in [0.2, 0.25) is 0 Å². The molecule has 1 unspecified atom stereocenters. The SMILES string of the molecule is Cc1nc(C)n(CC2CCCCN2CC(=O)Nc2nncs2)n1. The highest BCUT2D eigenvalue weighted by Crippen LogP contribution is 2.19. The van der Waals surface area contributed by atoms with Crippen molar-refractivity contribution in [2.75, 3.05) is 18.4 Å². The van der Waals surface area contributed by atoms with Crippen LogP contribution >= 0.6 is 11.3 Å². The Balaban J connectivity index is 1.61. The van der Waals surface area contributed by atoms with Gasteiger partial charge in [0, 0.05) is 6.04 Å². The number of nitrogens with one attached hydrogen (secondary N) is 1. The molecule has 1 aliphatic rings. The number of carbonyl (C=O) groups excluding carboxylic acids is 1. The molecular formula is C14H21N7OS. The molecule has 1 N–H and O–H groups in total. The maximum atomic E-state index is 12.2. The number of hydrogen-bond donors (Lipinski definition) is 1. The van der Waals surface area contributed by atoms with Crippen LogP contribution in [0.25, 0.3) is 0 Å². The van der Waals surface area contributed by atoms with Crippen LogP contribution in [-0.2, 0) is 11.3 Å². The van der Waals surface area contributed by atoms with Gasteiger partial charge in [0.25, 0.3) is 0 Å². The molecule has 1 aliphatic heterocycles. The average molecular weight is 335 g/mol. The fraction of sp³-hybridized carbons (Fsp3) is 0.643. The summed E-state index contributed by atoms with van der Waals surface area (Å²) in [6.45, 7) is 5.95.